The van der Waals surface area contributed by atoms with Crippen LogP contribution in [0, 0.1) is 0 Å². The van der Waals surface area contributed by atoms with Crippen LogP contribution in [0.2, 0.25) is 0 Å². The molecule has 1 aromatic rings. The Hall–Kier alpha value is -2.63. The topological polar surface area (TPSA) is 84.5 Å². The van der Waals surface area contributed by atoms with Gasteiger partial charge in [-0.3, -0.25) is 9.59 Å². The number of carbonyl (C=O) groups excluding carboxylic acids is 3. The number of Topliss-reactive ketones (excluding diaryl/α,β-unsaturated/α-hetero) is 1. The Morgan fingerprint density at radius 2 is 1.62 bits per heavy atom. The summed E-state index contributed by atoms with van der Waals surface area (Å²) >= 11 is 0. The average molecular weight is 290 g/mol. The maximum absolute atomic E-state index is 11.5. The molecule has 0 heterocycles. The van der Waals surface area contributed by atoms with Gasteiger partial charge in [-0.05, 0) is 38.1 Å². The Morgan fingerprint density at radius 3 is 2.05 bits per heavy atom. The quantitative estimate of drug-likeness (QED) is 0.473. The zero-order chi connectivity index (χ0) is 16.0. The Kier molecular flexibility index (Phi) is 5.66. The van der Waals surface area contributed by atoms with E-state index >= 15 is 0 Å². The molecule has 1 aromatic carbocycles. The second kappa shape index (κ2) is 7.23. The third-order valence-corrected chi connectivity index (χ3v) is 2.68. The fourth-order valence-electron chi connectivity index (χ4n) is 1.50. The van der Waals surface area contributed by atoms with Gasteiger partial charge in [0.2, 0.25) is 0 Å². The number of nitrogens with one attached hydrogen (secondary N) is 2. The largest absolute Gasteiger partial charge is 0.467 e. The van der Waals surface area contributed by atoms with Gasteiger partial charge < -0.3 is 15.4 Å². The minimum absolute atomic E-state index is 0.271. The van der Waals surface area contributed by atoms with Gasteiger partial charge in [-0.2, -0.15) is 0 Å². The summed E-state index contributed by atoms with van der Waals surface area (Å²) in [5.41, 5.74) is 1.56. The third kappa shape index (κ3) is 4.76. The van der Waals surface area contributed by atoms with E-state index in [0.29, 0.717) is 16.9 Å². The first-order chi connectivity index (χ1) is 9.85. The number of esters is 1. The smallest absolute Gasteiger partial charge is 0.336 e. The van der Waals surface area contributed by atoms with Crippen molar-refractivity contribution in [1.29, 1.82) is 0 Å². The SMILES string of the molecule is C=C(C)C(=O)Nc1ccc(NC(C(C)=O)C(=O)OC)cc1. The van der Waals surface area contributed by atoms with Crippen LogP contribution in [0.25, 0.3) is 0 Å². The lowest BCUT2D eigenvalue weighted by atomic mass is 10.2. The molecule has 0 aliphatic rings. The van der Waals surface area contributed by atoms with Crippen molar-refractivity contribution in [2.75, 3.05) is 17.7 Å². The highest BCUT2D eigenvalue weighted by molar-refractivity contribution is 6.05. The minimum atomic E-state index is -1.05. The number of hydrogen-bond donors (Lipinski definition) is 2. The summed E-state index contributed by atoms with van der Waals surface area (Å²) in [5, 5.41) is 5.43. The summed E-state index contributed by atoms with van der Waals surface area (Å²) < 4.78 is 4.56. The van der Waals surface area contributed by atoms with Gasteiger partial charge >= 0.3 is 5.97 Å². The lowest BCUT2D eigenvalue weighted by Crippen LogP contribution is -2.36. The molecule has 1 atom stereocenters. The van der Waals surface area contributed by atoms with Gasteiger partial charge in [-0.1, -0.05) is 6.58 Å². The number of rotatable bonds is 6. The summed E-state index contributed by atoms with van der Waals surface area (Å²) in [6.45, 7) is 6.45. The second-order valence-electron chi connectivity index (χ2n) is 4.52. The van der Waals surface area contributed by atoms with Crippen LogP contribution in [0.1, 0.15) is 13.8 Å². The minimum Gasteiger partial charge on any atom is -0.467 e. The van der Waals surface area contributed by atoms with Crippen molar-refractivity contribution in [1.82, 2.24) is 0 Å². The van der Waals surface area contributed by atoms with E-state index in [1.165, 1.54) is 14.0 Å². The van der Waals surface area contributed by atoms with E-state index in [9.17, 15) is 14.4 Å². The molecule has 1 rings (SSSR count). The van der Waals surface area contributed by atoms with E-state index in [0.717, 1.165) is 0 Å². The summed E-state index contributed by atoms with van der Waals surface area (Å²) in [7, 11) is 1.22. The molecule has 112 valence electrons. The molecule has 0 aliphatic carbocycles. The maximum Gasteiger partial charge on any atom is 0.336 e. The highest BCUT2D eigenvalue weighted by Crippen LogP contribution is 2.15. The standard InChI is InChI=1S/C15H18N2O4/c1-9(2)14(19)17-12-7-5-11(6-8-12)16-13(10(3)18)15(20)21-4/h5-8,13,16H,1H2,2-4H3,(H,17,19). The molecule has 2 N–H and O–H groups in total. The molecule has 0 saturated carbocycles. The molecule has 1 amide bonds. The molecule has 0 spiro atoms. The molecule has 0 saturated heterocycles. The number of anilines is 2. The Bertz CT molecular complexity index is 564. The van der Waals surface area contributed by atoms with E-state index in [4.69, 9.17) is 0 Å². The highest BCUT2D eigenvalue weighted by Gasteiger charge is 2.23. The Morgan fingerprint density at radius 1 is 1.10 bits per heavy atom. The molecule has 0 fully saturated rings. The zero-order valence-corrected chi connectivity index (χ0v) is 12.2. The number of carbonyl (C=O) groups is 3. The average Bonchev–Trinajstić information content (AvgIpc) is 2.45. The molecule has 0 aromatic heterocycles. The van der Waals surface area contributed by atoms with Crippen LogP contribution in [0.3, 0.4) is 0 Å². The molecule has 0 aliphatic heterocycles. The molecule has 0 radical (unpaired) electrons. The Labute approximate surface area is 123 Å². The number of benzene rings is 1. The predicted molar refractivity (Wildman–Crippen MR) is 80.0 cm³/mol. The summed E-state index contributed by atoms with van der Waals surface area (Å²) in [5.74, 6) is -1.27. The van der Waals surface area contributed by atoms with Gasteiger partial charge in [-0.25, -0.2) is 4.79 Å². The summed E-state index contributed by atoms with van der Waals surface area (Å²) in [6.07, 6.45) is 0. The molecular weight excluding hydrogens is 272 g/mol. The number of ether oxygens (including phenoxy) is 1. The summed E-state index contributed by atoms with van der Waals surface area (Å²) in [4.78, 5) is 34.3. The number of hydrogen-bond acceptors (Lipinski definition) is 5. The lowest BCUT2D eigenvalue weighted by Gasteiger charge is -2.15. The summed E-state index contributed by atoms with van der Waals surface area (Å²) in [6, 6.07) is 5.54. The second-order valence-corrected chi connectivity index (χ2v) is 4.52. The molecule has 6 heteroatoms. The monoisotopic (exact) mass is 290 g/mol. The van der Waals surface area contributed by atoms with Crippen molar-refractivity contribution >= 4 is 29.0 Å². The van der Waals surface area contributed by atoms with Gasteiger partial charge in [0.15, 0.2) is 11.8 Å². The van der Waals surface area contributed by atoms with Crippen LogP contribution in [0.15, 0.2) is 36.4 Å². The van der Waals surface area contributed by atoms with Crippen molar-refractivity contribution < 1.29 is 19.1 Å². The fourth-order valence-corrected chi connectivity index (χ4v) is 1.50. The first kappa shape index (κ1) is 16.4. The number of methoxy groups -OCH3 is 1. The number of ketones is 1. The van der Waals surface area contributed by atoms with Gasteiger partial charge in [0.1, 0.15) is 0 Å². The molecule has 21 heavy (non-hydrogen) atoms. The first-order valence-corrected chi connectivity index (χ1v) is 6.27. The van der Waals surface area contributed by atoms with Crippen LogP contribution in [0.5, 0.6) is 0 Å². The molecular formula is C15H18N2O4. The van der Waals surface area contributed by atoms with E-state index in [1.54, 1.807) is 31.2 Å². The van der Waals surface area contributed by atoms with Crippen molar-refractivity contribution in [2.24, 2.45) is 0 Å². The normalized spacial score (nSPS) is 11.2. The molecule has 1 unspecified atom stereocenters. The Balaban J connectivity index is 2.78. The van der Waals surface area contributed by atoms with Gasteiger partial charge in [0, 0.05) is 16.9 Å². The predicted octanol–water partition coefficient (Wildman–Crippen LogP) is 1.74. The maximum atomic E-state index is 11.5. The number of amides is 1. The van der Waals surface area contributed by atoms with E-state index in [-0.39, 0.29) is 11.7 Å². The van der Waals surface area contributed by atoms with E-state index < -0.39 is 12.0 Å². The van der Waals surface area contributed by atoms with Crippen LogP contribution < -0.4 is 10.6 Å². The van der Waals surface area contributed by atoms with Gasteiger partial charge in [0.25, 0.3) is 5.91 Å². The first-order valence-electron chi connectivity index (χ1n) is 6.27. The van der Waals surface area contributed by atoms with Crippen molar-refractivity contribution in [3.8, 4) is 0 Å². The van der Waals surface area contributed by atoms with Crippen LogP contribution in [-0.4, -0.2) is 30.8 Å². The third-order valence-electron chi connectivity index (χ3n) is 2.68. The van der Waals surface area contributed by atoms with Gasteiger partial charge in [-0.15, -0.1) is 0 Å². The molecule has 0 bridgehead atoms. The van der Waals surface area contributed by atoms with Gasteiger partial charge in [0.05, 0.1) is 7.11 Å². The van der Waals surface area contributed by atoms with Crippen LogP contribution >= 0.6 is 0 Å². The van der Waals surface area contributed by atoms with E-state index in [2.05, 4.69) is 21.9 Å². The van der Waals surface area contributed by atoms with E-state index in [1.807, 2.05) is 0 Å². The van der Waals surface area contributed by atoms with Crippen LogP contribution in [0.4, 0.5) is 11.4 Å². The molecule has 6 nitrogen and oxygen atoms in total. The van der Waals surface area contributed by atoms with Crippen molar-refractivity contribution in [3.05, 3.63) is 36.4 Å². The van der Waals surface area contributed by atoms with Crippen LogP contribution in [-0.2, 0) is 19.1 Å². The van der Waals surface area contributed by atoms with Crippen molar-refractivity contribution in [3.63, 3.8) is 0 Å². The zero-order valence-electron chi connectivity index (χ0n) is 12.2. The fraction of sp³-hybridized carbons (Fsp3) is 0.267. The lowest BCUT2D eigenvalue weighted by molar-refractivity contribution is -0.144. The highest BCUT2D eigenvalue weighted by atomic mass is 16.5. The van der Waals surface area contributed by atoms with Crippen molar-refractivity contribution in [2.45, 2.75) is 19.9 Å².